The van der Waals surface area contributed by atoms with Gasteiger partial charge in [0.05, 0.1) is 16.8 Å². The summed E-state index contributed by atoms with van der Waals surface area (Å²) in [6.45, 7) is 2.07. The number of carbonyl (C=O) groups is 1. The van der Waals surface area contributed by atoms with Crippen LogP contribution in [0.3, 0.4) is 0 Å². The van der Waals surface area contributed by atoms with Gasteiger partial charge in [0.2, 0.25) is 5.91 Å². The first-order valence-corrected chi connectivity index (χ1v) is 8.18. The van der Waals surface area contributed by atoms with E-state index in [-0.39, 0.29) is 23.0 Å². The Kier molecular flexibility index (Phi) is 6.16. The lowest BCUT2D eigenvalue weighted by Gasteiger charge is -2.18. The van der Waals surface area contributed by atoms with Gasteiger partial charge in [0.1, 0.15) is 0 Å². The molecule has 0 spiro atoms. The summed E-state index contributed by atoms with van der Waals surface area (Å²) in [5, 5.41) is 9.16. The highest BCUT2D eigenvalue weighted by Crippen LogP contribution is 2.11. The Morgan fingerprint density at radius 1 is 1.30 bits per heavy atom. The summed E-state index contributed by atoms with van der Waals surface area (Å²) in [7, 11) is -1.81. The molecule has 0 aliphatic heterocycles. The van der Waals surface area contributed by atoms with Gasteiger partial charge in [-0.3, -0.25) is 4.79 Å². The summed E-state index contributed by atoms with van der Waals surface area (Å²) in [4.78, 5) is 13.5. The molecule has 6 heteroatoms. The van der Waals surface area contributed by atoms with E-state index in [1.165, 1.54) is 17.0 Å². The summed E-state index contributed by atoms with van der Waals surface area (Å²) in [6, 6.07) is 8.11. The third-order valence-electron chi connectivity index (χ3n) is 3.00. The van der Waals surface area contributed by atoms with Crippen molar-refractivity contribution in [2.75, 3.05) is 19.3 Å². The normalized spacial score (nSPS) is 12.9. The molecular weight excluding hydrogens is 278 g/mol. The smallest absolute Gasteiger partial charge is 0.223 e. The molecule has 0 aliphatic carbocycles. The van der Waals surface area contributed by atoms with Gasteiger partial charge in [0.15, 0.2) is 9.84 Å². The van der Waals surface area contributed by atoms with E-state index in [1.54, 1.807) is 32.2 Å². The van der Waals surface area contributed by atoms with Crippen molar-refractivity contribution in [2.24, 2.45) is 0 Å². The van der Waals surface area contributed by atoms with Crippen LogP contribution in [0.2, 0.25) is 0 Å². The van der Waals surface area contributed by atoms with Gasteiger partial charge in [-0.2, -0.15) is 0 Å². The van der Waals surface area contributed by atoms with Crippen molar-refractivity contribution in [3.63, 3.8) is 0 Å². The molecule has 1 aromatic rings. The van der Waals surface area contributed by atoms with Crippen molar-refractivity contribution in [3.8, 4) is 0 Å². The maximum absolute atomic E-state index is 12.0. The molecule has 20 heavy (non-hydrogen) atoms. The van der Waals surface area contributed by atoms with Gasteiger partial charge in [0.25, 0.3) is 0 Å². The lowest BCUT2D eigenvalue weighted by Crippen LogP contribution is -2.30. The Bertz CT molecular complexity index is 525. The second kappa shape index (κ2) is 7.40. The van der Waals surface area contributed by atoms with Gasteiger partial charge in [-0.1, -0.05) is 18.2 Å². The lowest BCUT2D eigenvalue weighted by atomic mass is 10.2. The molecule has 112 valence electrons. The molecule has 1 N–H and O–H groups in total. The highest BCUT2D eigenvalue weighted by Gasteiger charge is 2.18. The minimum atomic E-state index is -3.42. The van der Waals surface area contributed by atoms with Crippen LogP contribution in [-0.4, -0.2) is 49.8 Å². The number of hydrogen-bond acceptors (Lipinski definition) is 4. The zero-order valence-corrected chi connectivity index (χ0v) is 12.6. The molecule has 1 rings (SSSR count). The van der Waals surface area contributed by atoms with E-state index in [2.05, 4.69) is 0 Å². The largest absolute Gasteiger partial charge is 0.393 e. The van der Waals surface area contributed by atoms with E-state index in [0.29, 0.717) is 13.0 Å². The van der Waals surface area contributed by atoms with Crippen LogP contribution in [0.1, 0.15) is 19.8 Å². The number of carbonyl (C=O) groups excluding carboxylic acids is 1. The van der Waals surface area contributed by atoms with E-state index >= 15 is 0 Å². The molecule has 0 saturated heterocycles. The van der Waals surface area contributed by atoms with Gasteiger partial charge in [-0.25, -0.2) is 8.42 Å². The molecule has 0 saturated carbocycles. The number of hydrogen-bond donors (Lipinski definition) is 1. The number of aliphatic hydroxyl groups is 1. The molecular formula is C14H21NO4S. The molecule has 1 aromatic carbocycles. The van der Waals surface area contributed by atoms with Crippen LogP contribution < -0.4 is 0 Å². The number of sulfone groups is 1. The Labute approximate surface area is 120 Å². The van der Waals surface area contributed by atoms with Gasteiger partial charge in [-0.15, -0.1) is 0 Å². The van der Waals surface area contributed by atoms with E-state index in [1.807, 2.05) is 0 Å². The summed E-state index contributed by atoms with van der Waals surface area (Å²) >= 11 is 0. The van der Waals surface area contributed by atoms with Crippen molar-refractivity contribution in [1.29, 1.82) is 0 Å². The zero-order chi connectivity index (χ0) is 15.2. The molecule has 0 aromatic heterocycles. The fraction of sp³-hybridized carbons (Fsp3) is 0.500. The summed E-state index contributed by atoms with van der Waals surface area (Å²) in [5.74, 6) is -0.431. The Morgan fingerprint density at radius 3 is 2.45 bits per heavy atom. The molecule has 1 amide bonds. The van der Waals surface area contributed by atoms with Crippen molar-refractivity contribution < 1.29 is 18.3 Å². The van der Waals surface area contributed by atoms with Crippen LogP contribution in [0.5, 0.6) is 0 Å². The van der Waals surface area contributed by atoms with Crippen LogP contribution in [-0.2, 0) is 14.6 Å². The van der Waals surface area contributed by atoms with Crippen LogP contribution in [0.4, 0.5) is 0 Å². The van der Waals surface area contributed by atoms with E-state index in [0.717, 1.165) is 0 Å². The Hall–Kier alpha value is -1.40. The van der Waals surface area contributed by atoms with Crippen LogP contribution >= 0.6 is 0 Å². The number of benzene rings is 1. The summed E-state index contributed by atoms with van der Waals surface area (Å²) in [5.41, 5.74) is 0. The number of aliphatic hydroxyl groups excluding tert-OH is 1. The van der Waals surface area contributed by atoms with Gasteiger partial charge in [0, 0.05) is 20.0 Å². The average molecular weight is 299 g/mol. The predicted molar refractivity (Wildman–Crippen MR) is 77.0 cm³/mol. The molecule has 0 aliphatic rings. The maximum atomic E-state index is 12.0. The van der Waals surface area contributed by atoms with Gasteiger partial charge in [-0.05, 0) is 25.5 Å². The zero-order valence-electron chi connectivity index (χ0n) is 11.8. The highest BCUT2D eigenvalue weighted by atomic mass is 32.2. The summed E-state index contributed by atoms with van der Waals surface area (Å²) < 4.78 is 24.0. The van der Waals surface area contributed by atoms with Gasteiger partial charge < -0.3 is 10.0 Å². The first-order chi connectivity index (χ1) is 9.33. The topological polar surface area (TPSA) is 74.7 Å². The monoisotopic (exact) mass is 299 g/mol. The van der Waals surface area contributed by atoms with Crippen molar-refractivity contribution in [1.82, 2.24) is 4.90 Å². The maximum Gasteiger partial charge on any atom is 0.223 e. The molecule has 0 fully saturated rings. The minimum absolute atomic E-state index is 0.0481. The van der Waals surface area contributed by atoms with Crippen molar-refractivity contribution in [3.05, 3.63) is 30.3 Å². The average Bonchev–Trinajstić information content (AvgIpc) is 2.43. The first-order valence-electron chi connectivity index (χ1n) is 6.53. The standard InChI is InChI=1S/C14H21NO4S/c1-12(16)8-10-15(2)14(17)9-11-20(18,19)13-6-4-3-5-7-13/h3-7,12,16H,8-11H2,1-2H3. The second-order valence-electron chi connectivity index (χ2n) is 4.83. The SMILES string of the molecule is CC(O)CCN(C)C(=O)CCS(=O)(=O)c1ccccc1. The Morgan fingerprint density at radius 2 is 1.90 bits per heavy atom. The van der Waals surface area contributed by atoms with Crippen LogP contribution in [0, 0.1) is 0 Å². The summed E-state index contributed by atoms with van der Waals surface area (Å²) in [6.07, 6.45) is -0.0420. The van der Waals surface area contributed by atoms with Crippen LogP contribution in [0.25, 0.3) is 0 Å². The molecule has 0 radical (unpaired) electrons. The number of nitrogens with zero attached hydrogens (tertiary/aromatic N) is 1. The molecule has 0 bridgehead atoms. The quantitative estimate of drug-likeness (QED) is 0.817. The van der Waals surface area contributed by atoms with E-state index in [9.17, 15) is 13.2 Å². The highest BCUT2D eigenvalue weighted by molar-refractivity contribution is 7.91. The minimum Gasteiger partial charge on any atom is -0.393 e. The van der Waals surface area contributed by atoms with E-state index in [4.69, 9.17) is 5.11 Å². The second-order valence-corrected chi connectivity index (χ2v) is 6.94. The first kappa shape index (κ1) is 16.7. The third kappa shape index (κ3) is 5.30. The van der Waals surface area contributed by atoms with Crippen molar-refractivity contribution >= 4 is 15.7 Å². The molecule has 1 unspecified atom stereocenters. The number of rotatable bonds is 7. The number of amides is 1. The fourth-order valence-electron chi connectivity index (χ4n) is 1.66. The van der Waals surface area contributed by atoms with E-state index < -0.39 is 15.9 Å². The molecule has 0 heterocycles. The van der Waals surface area contributed by atoms with Crippen molar-refractivity contribution in [2.45, 2.75) is 30.8 Å². The third-order valence-corrected chi connectivity index (χ3v) is 4.73. The fourth-order valence-corrected chi connectivity index (χ4v) is 2.91. The predicted octanol–water partition coefficient (Wildman–Crippen LogP) is 1.08. The Balaban J connectivity index is 2.52. The van der Waals surface area contributed by atoms with Gasteiger partial charge >= 0.3 is 0 Å². The molecule has 5 nitrogen and oxygen atoms in total. The van der Waals surface area contributed by atoms with Crippen LogP contribution in [0.15, 0.2) is 35.2 Å². The lowest BCUT2D eigenvalue weighted by molar-refractivity contribution is -0.129. The molecule has 1 atom stereocenters.